The van der Waals surface area contributed by atoms with Gasteiger partial charge in [-0.2, -0.15) is 11.3 Å². The van der Waals surface area contributed by atoms with Gasteiger partial charge in [0, 0.05) is 27.1 Å². The van der Waals surface area contributed by atoms with Gasteiger partial charge in [0.25, 0.3) is 0 Å². The molecule has 0 saturated heterocycles. The van der Waals surface area contributed by atoms with Gasteiger partial charge in [0.05, 0.1) is 5.75 Å². The van der Waals surface area contributed by atoms with Crippen molar-refractivity contribution in [2.24, 2.45) is 0 Å². The molecule has 108 valence electrons. The fourth-order valence-electron chi connectivity index (χ4n) is 1.43. The predicted octanol–water partition coefficient (Wildman–Crippen LogP) is 1.25. The summed E-state index contributed by atoms with van der Waals surface area (Å²) in [6.07, 6.45) is -0.00310. The van der Waals surface area contributed by atoms with E-state index in [1.165, 1.54) is 19.7 Å². The third-order valence-corrected chi connectivity index (χ3v) is 5.40. The van der Waals surface area contributed by atoms with Crippen molar-refractivity contribution in [1.82, 2.24) is 9.62 Å². The molecule has 1 amide bonds. The topological polar surface area (TPSA) is 66.5 Å². The van der Waals surface area contributed by atoms with Gasteiger partial charge >= 0.3 is 0 Å². The number of rotatable bonds is 7. The molecule has 19 heavy (non-hydrogen) atoms. The van der Waals surface area contributed by atoms with Gasteiger partial charge in [0.2, 0.25) is 15.9 Å². The lowest BCUT2D eigenvalue weighted by atomic mass is 10.1. The molecule has 1 aromatic rings. The molecule has 0 fully saturated rings. The number of sulfonamides is 1. The molecule has 1 heterocycles. The van der Waals surface area contributed by atoms with Gasteiger partial charge < -0.3 is 5.32 Å². The summed E-state index contributed by atoms with van der Waals surface area (Å²) in [5, 5.41) is 6.81. The lowest BCUT2D eigenvalue weighted by Gasteiger charge is -2.13. The van der Waals surface area contributed by atoms with Crippen LogP contribution in [-0.4, -0.2) is 45.0 Å². The SMILES string of the molecule is C[C@H](CNC(=O)CCS(=O)(=O)N(C)C)c1ccsc1. The summed E-state index contributed by atoms with van der Waals surface area (Å²) in [5.74, 6) is -0.147. The highest BCUT2D eigenvalue weighted by Crippen LogP contribution is 2.17. The van der Waals surface area contributed by atoms with Crippen LogP contribution in [0.1, 0.15) is 24.8 Å². The van der Waals surface area contributed by atoms with E-state index in [1.54, 1.807) is 11.3 Å². The van der Waals surface area contributed by atoms with E-state index in [-0.39, 0.29) is 24.0 Å². The Bertz CT molecular complexity index is 495. The molecule has 5 nitrogen and oxygen atoms in total. The third kappa shape index (κ3) is 5.30. The number of hydrogen-bond donors (Lipinski definition) is 1. The largest absolute Gasteiger partial charge is 0.355 e. The van der Waals surface area contributed by atoms with Gasteiger partial charge in [0.15, 0.2) is 0 Å². The molecule has 0 spiro atoms. The molecule has 1 rings (SSSR count). The lowest BCUT2D eigenvalue weighted by Crippen LogP contribution is -2.32. The zero-order chi connectivity index (χ0) is 14.5. The Morgan fingerprint density at radius 1 is 1.47 bits per heavy atom. The summed E-state index contributed by atoms with van der Waals surface area (Å²) in [4.78, 5) is 11.6. The molecule has 0 saturated carbocycles. The second-order valence-electron chi connectivity index (χ2n) is 4.61. The average molecular weight is 304 g/mol. The van der Waals surface area contributed by atoms with E-state index < -0.39 is 10.0 Å². The maximum Gasteiger partial charge on any atom is 0.221 e. The van der Waals surface area contributed by atoms with E-state index in [1.807, 2.05) is 23.8 Å². The first-order valence-corrected chi connectivity index (χ1v) is 8.57. The summed E-state index contributed by atoms with van der Waals surface area (Å²) in [5.41, 5.74) is 1.19. The third-order valence-electron chi connectivity index (χ3n) is 2.86. The molecule has 0 aliphatic rings. The minimum absolute atomic E-state index is 0.00310. The number of hydrogen-bond acceptors (Lipinski definition) is 4. The van der Waals surface area contributed by atoms with Crippen LogP contribution in [0.5, 0.6) is 0 Å². The average Bonchev–Trinajstić information content (AvgIpc) is 2.87. The van der Waals surface area contributed by atoms with Crippen molar-refractivity contribution in [3.63, 3.8) is 0 Å². The number of carbonyl (C=O) groups excluding carboxylic acids is 1. The number of thiophene rings is 1. The quantitative estimate of drug-likeness (QED) is 0.824. The lowest BCUT2D eigenvalue weighted by molar-refractivity contribution is -0.120. The Labute approximate surface area is 118 Å². The first kappa shape index (κ1) is 16.1. The van der Waals surface area contributed by atoms with Gasteiger partial charge in [-0.15, -0.1) is 0 Å². The van der Waals surface area contributed by atoms with Crippen molar-refractivity contribution in [1.29, 1.82) is 0 Å². The molecule has 1 aromatic heterocycles. The Balaban J connectivity index is 2.33. The minimum atomic E-state index is -3.30. The van der Waals surface area contributed by atoms with E-state index in [0.29, 0.717) is 6.54 Å². The molecule has 7 heteroatoms. The first-order valence-electron chi connectivity index (χ1n) is 6.02. The minimum Gasteiger partial charge on any atom is -0.355 e. The van der Waals surface area contributed by atoms with Gasteiger partial charge in [0.1, 0.15) is 0 Å². The molecule has 0 unspecified atom stereocenters. The Morgan fingerprint density at radius 2 is 2.16 bits per heavy atom. The van der Waals surface area contributed by atoms with Gasteiger partial charge in [-0.05, 0) is 28.3 Å². The van der Waals surface area contributed by atoms with Crippen LogP contribution in [-0.2, 0) is 14.8 Å². The van der Waals surface area contributed by atoms with Crippen molar-refractivity contribution in [3.05, 3.63) is 22.4 Å². The summed E-state index contributed by atoms with van der Waals surface area (Å²) >= 11 is 1.62. The van der Waals surface area contributed by atoms with E-state index in [9.17, 15) is 13.2 Å². The molecule has 0 aliphatic heterocycles. The highest BCUT2D eigenvalue weighted by atomic mass is 32.2. The van der Waals surface area contributed by atoms with Crippen LogP contribution in [0, 0.1) is 0 Å². The number of amides is 1. The van der Waals surface area contributed by atoms with E-state index in [2.05, 4.69) is 5.32 Å². The highest BCUT2D eigenvalue weighted by Gasteiger charge is 2.16. The Hall–Kier alpha value is -0.920. The number of nitrogens with one attached hydrogen (secondary N) is 1. The van der Waals surface area contributed by atoms with E-state index in [4.69, 9.17) is 0 Å². The van der Waals surface area contributed by atoms with Gasteiger partial charge in [-0.1, -0.05) is 6.92 Å². The summed E-state index contributed by atoms with van der Waals surface area (Å²) in [6, 6.07) is 2.03. The zero-order valence-corrected chi connectivity index (χ0v) is 13.1. The van der Waals surface area contributed by atoms with Gasteiger partial charge in [-0.3, -0.25) is 4.79 Å². The van der Waals surface area contributed by atoms with Crippen molar-refractivity contribution in [2.75, 3.05) is 26.4 Å². The smallest absolute Gasteiger partial charge is 0.221 e. The van der Waals surface area contributed by atoms with Crippen LogP contribution in [0.15, 0.2) is 16.8 Å². The predicted molar refractivity (Wildman–Crippen MR) is 77.8 cm³/mol. The standard InChI is InChI=1S/C12H20N2O3S2/c1-10(11-4-6-18-9-11)8-13-12(15)5-7-19(16,17)14(2)3/h4,6,9-10H,5,7-8H2,1-3H3,(H,13,15)/t10-/m1/s1. The van der Waals surface area contributed by atoms with Crippen LogP contribution >= 0.6 is 11.3 Å². The van der Waals surface area contributed by atoms with Crippen molar-refractivity contribution in [3.8, 4) is 0 Å². The number of carbonyl (C=O) groups is 1. The second kappa shape index (κ2) is 7.02. The maximum absolute atomic E-state index is 11.6. The first-order chi connectivity index (χ1) is 8.83. The van der Waals surface area contributed by atoms with Crippen LogP contribution in [0.3, 0.4) is 0 Å². The van der Waals surface area contributed by atoms with Crippen LogP contribution in [0.2, 0.25) is 0 Å². The van der Waals surface area contributed by atoms with Crippen LogP contribution < -0.4 is 5.32 Å². The van der Waals surface area contributed by atoms with Gasteiger partial charge in [-0.25, -0.2) is 12.7 Å². The molecule has 0 aliphatic carbocycles. The zero-order valence-electron chi connectivity index (χ0n) is 11.4. The molecule has 0 aromatic carbocycles. The molecule has 0 radical (unpaired) electrons. The van der Waals surface area contributed by atoms with E-state index >= 15 is 0 Å². The fraction of sp³-hybridized carbons (Fsp3) is 0.583. The summed E-state index contributed by atoms with van der Waals surface area (Å²) in [7, 11) is -0.373. The van der Waals surface area contributed by atoms with E-state index in [0.717, 1.165) is 4.31 Å². The van der Waals surface area contributed by atoms with Crippen molar-refractivity contribution < 1.29 is 13.2 Å². The maximum atomic E-state index is 11.6. The molecular weight excluding hydrogens is 284 g/mol. The fourth-order valence-corrected chi connectivity index (χ4v) is 3.02. The van der Waals surface area contributed by atoms with Crippen molar-refractivity contribution >= 4 is 27.3 Å². The molecule has 1 N–H and O–H groups in total. The molecular formula is C12H20N2O3S2. The Morgan fingerprint density at radius 3 is 2.68 bits per heavy atom. The summed E-state index contributed by atoms with van der Waals surface area (Å²) in [6.45, 7) is 2.55. The van der Waals surface area contributed by atoms with Crippen molar-refractivity contribution in [2.45, 2.75) is 19.3 Å². The van der Waals surface area contributed by atoms with Crippen LogP contribution in [0.25, 0.3) is 0 Å². The normalized spacial score (nSPS) is 13.5. The summed E-state index contributed by atoms with van der Waals surface area (Å²) < 4.78 is 24.1. The monoisotopic (exact) mass is 304 g/mol. The Kier molecular flexibility index (Phi) is 5.96. The molecule has 1 atom stereocenters. The molecule has 0 bridgehead atoms. The highest BCUT2D eigenvalue weighted by molar-refractivity contribution is 7.89. The number of nitrogens with zero attached hydrogens (tertiary/aromatic N) is 1. The van der Waals surface area contributed by atoms with Crippen LogP contribution in [0.4, 0.5) is 0 Å². The second-order valence-corrected chi connectivity index (χ2v) is 7.69.